The number of hydrogen-bond acceptors (Lipinski definition) is 4. The predicted octanol–water partition coefficient (Wildman–Crippen LogP) is 2.04. The topological polar surface area (TPSA) is 76.1 Å². The van der Waals surface area contributed by atoms with Crippen LogP contribution in [0.3, 0.4) is 0 Å². The highest BCUT2D eigenvalue weighted by atomic mass is 16.5. The molecule has 0 saturated carbocycles. The van der Waals surface area contributed by atoms with E-state index in [0.717, 1.165) is 5.56 Å². The summed E-state index contributed by atoms with van der Waals surface area (Å²) in [4.78, 5) is 24.8. The van der Waals surface area contributed by atoms with E-state index in [9.17, 15) is 9.59 Å². The minimum Gasteiger partial charge on any atom is -0.493 e. The third-order valence-electron chi connectivity index (χ3n) is 3.91. The van der Waals surface area contributed by atoms with Crippen molar-refractivity contribution in [3.05, 3.63) is 29.8 Å². The first-order chi connectivity index (χ1) is 11.0. The van der Waals surface area contributed by atoms with Crippen LogP contribution in [-0.2, 0) is 9.59 Å². The molecule has 1 aromatic rings. The van der Waals surface area contributed by atoms with Crippen molar-refractivity contribution in [3.8, 4) is 11.5 Å². The van der Waals surface area contributed by atoms with E-state index in [4.69, 9.17) is 14.6 Å². The maximum absolute atomic E-state index is 12.2. The molecule has 1 amide bonds. The smallest absolute Gasteiger partial charge is 0.308 e. The quantitative estimate of drug-likeness (QED) is 0.841. The van der Waals surface area contributed by atoms with Crippen LogP contribution in [0.2, 0.25) is 0 Å². The second-order valence-corrected chi connectivity index (χ2v) is 5.41. The Kier molecular flexibility index (Phi) is 5.62. The summed E-state index contributed by atoms with van der Waals surface area (Å²) in [5, 5.41) is 9.07. The molecule has 0 spiro atoms. The zero-order valence-corrected chi connectivity index (χ0v) is 13.3. The lowest BCUT2D eigenvalue weighted by Crippen LogP contribution is -2.41. The fourth-order valence-corrected chi connectivity index (χ4v) is 2.61. The van der Waals surface area contributed by atoms with Crippen molar-refractivity contribution in [1.82, 2.24) is 4.90 Å². The number of carbonyl (C=O) groups excluding carboxylic acids is 1. The lowest BCUT2D eigenvalue weighted by Gasteiger charge is -2.29. The van der Waals surface area contributed by atoms with Crippen LogP contribution in [0.1, 0.15) is 18.4 Å². The van der Waals surface area contributed by atoms with Crippen molar-refractivity contribution in [2.45, 2.75) is 12.8 Å². The van der Waals surface area contributed by atoms with E-state index in [0.29, 0.717) is 30.9 Å². The Hall–Kier alpha value is -2.50. The molecular weight excluding hydrogens is 298 g/mol. The van der Waals surface area contributed by atoms with Crippen molar-refractivity contribution in [3.63, 3.8) is 0 Å². The monoisotopic (exact) mass is 319 g/mol. The van der Waals surface area contributed by atoms with Gasteiger partial charge in [0.2, 0.25) is 5.91 Å². The maximum atomic E-state index is 12.2. The summed E-state index contributed by atoms with van der Waals surface area (Å²) < 4.78 is 10.4. The van der Waals surface area contributed by atoms with Gasteiger partial charge < -0.3 is 19.5 Å². The van der Waals surface area contributed by atoms with Crippen molar-refractivity contribution in [2.24, 2.45) is 5.92 Å². The van der Waals surface area contributed by atoms with Crippen LogP contribution in [0.15, 0.2) is 24.3 Å². The van der Waals surface area contributed by atoms with E-state index in [2.05, 4.69) is 0 Å². The van der Waals surface area contributed by atoms with Crippen LogP contribution in [0, 0.1) is 5.92 Å². The van der Waals surface area contributed by atoms with Gasteiger partial charge in [-0.2, -0.15) is 0 Å². The van der Waals surface area contributed by atoms with Crippen LogP contribution in [0.4, 0.5) is 0 Å². The Morgan fingerprint density at radius 1 is 1.26 bits per heavy atom. The molecule has 1 heterocycles. The number of aliphatic carboxylic acids is 1. The number of carboxylic acids is 1. The number of ether oxygens (including phenoxy) is 2. The first kappa shape index (κ1) is 16.9. The van der Waals surface area contributed by atoms with E-state index in [1.54, 1.807) is 37.3 Å². The highest BCUT2D eigenvalue weighted by Gasteiger charge is 2.27. The third-order valence-corrected chi connectivity index (χ3v) is 3.91. The van der Waals surface area contributed by atoms with Gasteiger partial charge in [-0.05, 0) is 36.6 Å². The van der Waals surface area contributed by atoms with Gasteiger partial charge in [-0.25, -0.2) is 0 Å². The Bertz CT molecular complexity index is 611. The number of rotatable bonds is 5. The number of hydrogen-bond donors (Lipinski definition) is 1. The van der Waals surface area contributed by atoms with Gasteiger partial charge in [-0.15, -0.1) is 0 Å². The molecule has 124 valence electrons. The summed E-state index contributed by atoms with van der Waals surface area (Å²) in [5.41, 5.74) is 0.808. The van der Waals surface area contributed by atoms with Gasteiger partial charge in [0.05, 0.1) is 20.1 Å². The molecule has 1 aromatic carbocycles. The number of likely N-dealkylation sites (tertiary alicyclic amines) is 1. The first-order valence-electron chi connectivity index (χ1n) is 7.47. The molecule has 1 unspecified atom stereocenters. The number of piperidine rings is 1. The summed E-state index contributed by atoms with van der Waals surface area (Å²) in [6.07, 6.45) is 4.49. The summed E-state index contributed by atoms with van der Waals surface area (Å²) in [5.74, 6) is -0.276. The minimum atomic E-state index is -0.841. The van der Waals surface area contributed by atoms with Gasteiger partial charge in [0.25, 0.3) is 0 Å². The Morgan fingerprint density at radius 3 is 2.65 bits per heavy atom. The number of nitrogens with zero attached hydrogens (tertiary/aromatic N) is 1. The molecule has 6 heteroatoms. The molecule has 1 saturated heterocycles. The highest BCUT2D eigenvalue weighted by molar-refractivity contribution is 5.92. The number of methoxy groups -OCH3 is 2. The van der Waals surface area contributed by atoms with E-state index in [1.807, 2.05) is 6.07 Å². The Labute approximate surface area is 135 Å². The standard InChI is InChI=1S/C17H21NO5/c1-22-14-7-5-12(10-15(14)23-2)6-8-16(19)18-9-3-4-13(11-18)17(20)21/h5-8,10,13H,3-4,9,11H2,1-2H3,(H,20,21)/b8-6+. The average molecular weight is 319 g/mol. The van der Waals surface area contributed by atoms with E-state index >= 15 is 0 Å². The molecule has 23 heavy (non-hydrogen) atoms. The molecule has 1 atom stereocenters. The third kappa shape index (κ3) is 4.25. The Balaban J connectivity index is 2.04. The zero-order valence-electron chi connectivity index (χ0n) is 13.3. The number of carbonyl (C=O) groups is 2. The predicted molar refractivity (Wildman–Crippen MR) is 85.5 cm³/mol. The van der Waals surface area contributed by atoms with Crippen molar-refractivity contribution >= 4 is 18.0 Å². The summed E-state index contributed by atoms with van der Waals surface area (Å²) in [6.45, 7) is 0.864. The fraction of sp³-hybridized carbons (Fsp3) is 0.412. The molecule has 1 fully saturated rings. The van der Waals surface area contributed by atoms with Gasteiger partial charge in [-0.3, -0.25) is 9.59 Å². The van der Waals surface area contributed by atoms with Crippen LogP contribution in [0.5, 0.6) is 11.5 Å². The molecule has 1 aliphatic heterocycles. The summed E-state index contributed by atoms with van der Waals surface area (Å²) in [6, 6.07) is 5.37. The molecule has 0 aliphatic carbocycles. The van der Waals surface area contributed by atoms with Crippen LogP contribution in [-0.4, -0.2) is 49.2 Å². The van der Waals surface area contributed by atoms with Gasteiger partial charge in [0, 0.05) is 19.2 Å². The average Bonchev–Trinajstić information content (AvgIpc) is 2.59. The zero-order chi connectivity index (χ0) is 16.8. The van der Waals surface area contributed by atoms with Gasteiger partial charge in [-0.1, -0.05) is 6.07 Å². The van der Waals surface area contributed by atoms with Crippen molar-refractivity contribution in [1.29, 1.82) is 0 Å². The lowest BCUT2D eigenvalue weighted by molar-refractivity contribution is -0.144. The number of benzene rings is 1. The second kappa shape index (κ2) is 7.67. The fourth-order valence-electron chi connectivity index (χ4n) is 2.61. The molecule has 0 radical (unpaired) electrons. The first-order valence-corrected chi connectivity index (χ1v) is 7.47. The molecule has 6 nitrogen and oxygen atoms in total. The van der Waals surface area contributed by atoms with Crippen LogP contribution >= 0.6 is 0 Å². The number of carboxylic acid groups (broad SMARTS) is 1. The van der Waals surface area contributed by atoms with Gasteiger partial charge in [0.15, 0.2) is 11.5 Å². The summed E-state index contributed by atoms with van der Waals surface area (Å²) in [7, 11) is 3.11. The maximum Gasteiger partial charge on any atom is 0.308 e. The Morgan fingerprint density at radius 2 is 2.00 bits per heavy atom. The SMILES string of the molecule is COc1ccc(/C=C/C(=O)N2CCCC(C(=O)O)C2)cc1OC. The van der Waals surface area contributed by atoms with Crippen LogP contribution in [0.25, 0.3) is 6.08 Å². The normalized spacial score (nSPS) is 18.0. The largest absolute Gasteiger partial charge is 0.493 e. The lowest BCUT2D eigenvalue weighted by atomic mass is 9.98. The molecule has 1 aliphatic rings. The van der Waals surface area contributed by atoms with Gasteiger partial charge >= 0.3 is 5.97 Å². The molecule has 0 aromatic heterocycles. The highest BCUT2D eigenvalue weighted by Crippen LogP contribution is 2.28. The minimum absolute atomic E-state index is 0.175. The molecule has 2 rings (SSSR count). The molecular formula is C17H21NO5. The van der Waals surface area contributed by atoms with Crippen molar-refractivity contribution < 1.29 is 24.2 Å². The molecule has 1 N–H and O–H groups in total. The number of amides is 1. The van der Waals surface area contributed by atoms with Crippen molar-refractivity contribution in [2.75, 3.05) is 27.3 Å². The van der Waals surface area contributed by atoms with E-state index in [-0.39, 0.29) is 12.5 Å². The molecule has 0 bridgehead atoms. The van der Waals surface area contributed by atoms with E-state index < -0.39 is 11.9 Å². The summed E-state index contributed by atoms with van der Waals surface area (Å²) >= 11 is 0. The van der Waals surface area contributed by atoms with Gasteiger partial charge in [0.1, 0.15) is 0 Å². The van der Waals surface area contributed by atoms with E-state index in [1.165, 1.54) is 6.08 Å². The second-order valence-electron chi connectivity index (χ2n) is 5.41. The van der Waals surface area contributed by atoms with Crippen LogP contribution < -0.4 is 9.47 Å².